The first-order valence-electron chi connectivity index (χ1n) is 8.13. The fourth-order valence-corrected chi connectivity index (χ4v) is 3.49. The Morgan fingerprint density at radius 1 is 0.367 bits per heavy atom. The molecule has 1 aliphatic heterocycles. The molecule has 0 unspecified atom stereocenters. The molecule has 6 nitrogen and oxygen atoms in total. The molecule has 0 aliphatic carbocycles. The highest BCUT2D eigenvalue weighted by Gasteiger charge is 2.21. The number of carbonyl (C=O) groups excluding carboxylic acids is 1. The predicted molar refractivity (Wildman–Crippen MR) is 100 cm³/mol. The number of benzene rings is 1. The van der Waals surface area contributed by atoms with Gasteiger partial charge in [0, 0.05) is 16.9 Å². The summed E-state index contributed by atoms with van der Waals surface area (Å²) in [6, 6.07) is 7.47. The van der Waals surface area contributed by atoms with Crippen molar-refractivity contribution < 1.29 is 409 Å². The van der Waals surface area contributed by atoms with Crippen LogP contribution in [0.3, 0.4) is 0 Å². The normalized spacial score (nSPS) is 4.13. The number of aromatic nitrogens is 1. The molecular weight excluding hydrogens is 1950 g/mol. The quantitative estimate of drug-likeness (QED) is 0.129. The maximum atomic E-state index is 13.1. The SMILES string of the molecule is CCSc1ccc(/C(=N\O[C@@H]2CCOC2)C(=O)Nc2ncc(F)s2)cc1.[F-].[F-].[F-].[F-].[F-].[F-].[F-].[F-].[F-].[F-].[F-].[F-].[F-].[F-].[F-].[F-].[F-].[F-].[F-].[F-].[F-].[F-].[F-].[F-].[F-].[F-].[F-].[F-].[F-].[F-].[F-].[F-].[F-].[F-].[F-].[F-].[F-].[F-].[F-].[F-].[F-].[F-].[F-].[F-].[F-].[F-].[F-].[F-].[F-].[F-].[F-].[F-].[F-].[F-].[F-].[F-].[F-].[F-].[F-].[F-].[F-].[F-].[F-].[F-].[F-].[F-].[F-].[F-].[F-].[F-].[F-].[F-].[F-].[F-].[F-].[F-].[F-].[F-].[F-].[F-].[F-].[F-].[F-]. The summed E-state index contributed by atoms with van der Waals surface area (Å²) in [6.45, 7) is 3.13. The van der Waals surface area contributed by atoms with E-state index in [4.69, 9.17) is 9.57 Å². The first kappa shape index (κ1) is 2490. The van der Waals surface area contributed by atoms with Crippen LogP contribution in [0.5, 0.6) is 0 Å². The molecule has 0 saturated carbocycles. The van der Waals surface area contributed by atoms with Gasteiger partial charge in [0.05, 0.1) is 19.4 Å². The monoisotopic (exact) mass is 1970 g/mol. The number of carbonyl (C=O) groups is 1. The van der Waals surface area contributed by atoms with Gasteiger partial charge in [0.25, 0.3) is 5.91 Å². The van der Waals surface area contributed by atoms with Gasteiger partial charge in [-0.25, -0.2) is 4.98 Å². The summed E-state index contributed by atoms with van der Waals surface area (Å²) >= 11 is 2.46. The van der Waals surface area contributed by atoms with E-state index in [9.17, 15) is 9.18 Å². The van der Waals surface area contributed by atoms with Gasteiger partial charge in [-0.3, -0.25) is 10.1 Å². The van der Waals surface area contributed by atoms with Gasteiger partial charge in [-0.05, 0) is 17.9 Å². The van der Waals surface area contributed by atoms with Crippen molar-refractivity contribution in [1.82, 2.24) is 4.98 Å². The summed E-state index contributed by atoms with van der Waals surface area (Å²) in [5.41, 5.74) is 0.722. The van der Waals surface area contributed by atoms with Gasteiger partial charge in [0.1, 0.15) is 0 Å². The molecule has 1 amide bonds. The predicted octanol–water partition coefficient (Wildman–Crippen LogP) is -245. The van der Waals surface area contributed by atoms with Crippen molar-refractivity contribution in [3.63, 3.8) is 0 Å². The molecule has 2 heterocycles. The number of rotatable bonds is 7. The van der Waals surface area contributed by atoms with Gasteiger partial charge in [-0.2, -0.15) is 4.39 Å². The van der Waals surface area contributed by atoms with Crippen LogP contribution < -0.4 is 396 Å². The third kappa shape index (κ3) is 662. The number of nitrogens with one attached hydrogen (secondary N) is 1. The number of thioether (sulfide) groups is 1. The van der Waals surface area contributed by atoms with Crippen molar-refractivity contribution >= 4 is 39.8 Å². The van der Waals surface area contributed by atoms with Crippen LogP contribution in [-0.2, 0) is 14.4 Å². The van der Waals surface area contributed by atoms with E-state index < -0.39 is 11.0 Å². The second-order valence-corrected chi connectivity index (χ2v) is 7.73. The van der Waals surface area contributed by atoms with E-state index in [1.165, 1.54) is 0 Å². The highest BCUT2D eigenvalue weighted by Crippen LogP contribution is 2.20. The van der Waals surface area contributed by atoms with E-state index in [-0.39, 0.29) is 407 Å². The summed E-state index contributed by atoms with van der Waals surface area (Å²) in [6.07, 6.45) is 1.60. The van der Waals surface area contributed by atoms with Crippen LogP contribution in [0.2, 0.25) is 0 Å². The Morgan fingerprint density at radius 2 is 0.560 bits per heavy atom. The van der Waals surface area contributed by atoms with E-state index in [1.807, 2.05) is 24.3 Å². The number of ether oxygens (including phenoxy) is 1. The number of hydrogen-bond acceptors (Lipinski definition) is 7. The molecule has 1 fully saturated rings. The van der Waals surface area contributed by atoms with E-state index in [1.54, 1.807) is 11.8 Å². The molecule has 1 aliphatic rings. The lowest BCUT2D eigenvalue weighted by atomic mass is 10.1. The highest BCUT2D eigenvalue weighted by atomic mass is 32.2. The van der Waals surface area contributed by atoms with Crippen molar-refractivity contribution in [2.45, 2.75) is 24.3 Å². The molecule has 1 saturated heterocycles. The molecule has 92 heteroatoms. The molecule has 1 atom stereocenters. The maximum absolute atomic E-state index is 13.1. The second-order valence-electron chi connectivity index (χ2n) is 5.41. The van der Waals surface area contributed by atoms with Gasteiger partial charge in [-0.15, -0.1) is 11.8 Å². The number of halogens is 84. The summed E-state index contributed by atoms with van der Waals surface area (Å²) in [7, 11) is 0. The van der Waals surface area contributed by atoms with E-state index in [0.717, 1.165) is 34.6 Å². The minimum Gasteiger partial charge on any atom is -1.00 e. The number of anilines is 1. The zero-order valence-corrected chi connectivity index (χ0v) is 47.1. The Hall–Kier alpha value is -7.78. The van der Waals surface area contributed by atoms with Crippen LogP contribution in [0.15, 0.2) is 40.5 Å². The zero-order valence-electron chi connectivity index (χ0n) is 45.5. The lowest BCUT2D eigenvalue weighted by molar-refractivity contribution is -0.110. The first-order chi connectivity index (χ1) is 12.7. The van der Waals surface area contributed by atoms with Gasteiger partial charge >= 0.3 is 0 Å². The molecular formula is C17H18F84N3O3S2-83. The number of nitrogens with zero attached hydrogens (tertiary/aromatic N) is 2. The van der Waals surface area contributed by atoms with E-state index in [2.05, 4.69) is 22.4 Å². The molecule has 0 spiro atoms. The summed E-state index contributed by atoms with van der Waals surface area (Å²) in [5, 5.41) is 6.31. The van der Waals surface area contributed by atoms with Crippen LogP contribution in [0.25, 0.3) is 0 Å². The third-order valence-electron chi connectivity index (χ3n) is 3.53. The minimum atomic E-state index is -0.505. The maximum Gasteiger partial charge on any atom is 0.280 e. The third-order valence-corrected chi connectivity index (χ3v) is 5.13. The van der Waals surface area contributed by atoms with Gasteiger partial charge in [0.15, 0.2) is 22.1 Å². The number of amides is 1. The fraction of sp³-hybridized carbons (Fsp3) is 0.353. The van der Waals surface area contributed by atoms with Crippen molar-refractivity contribution in [3.8, 4) is 0 Å². The van der Waals surface area contributed by atoms with Crippen molar-refractivity contribution in [2.75, 3.05) is 24.3 Å². The Labute approximate surface area is 551 Å². The number of thiazole rings is 1. The van der Waals surface area contributed by atoms with Crippen molar-refractivity contribution in [3.05, 3.63) is 41.2 Å². The van der Waals surface area contributed by atoms with Crippen molar-refractivity contribution in [1.29, 1.82) is 0 Å². The van der Waals surface area contributed by atoms with E-state index >= 15 is 0 Å². The molecule has 0 bridgehead atoms. The Morgan fingerprint density at radius 3 is 0.706 bits per heavy atom. The highest BCUT2D eigenvalue weighted by molar-refractivity contribution is 7.99. The topological polar surface area (TPSA) is 72.8 Å². The molecule has 1 aromatic carbocycles. The van der Waals surface area contributed by atoms with Crippen LogP contribution in [-0.4, -0.2) is 41.7 Å². The van der Waals surface area contributed by atoms with Gasteiger partial charge in [-0.1, -0.05) is 35.5 Å². The van der Waals surface area contributed by atoms with Crippen LogP contribution in [0.4, 0.5) is 9.52 Å². The summed E-state index contributed by atoms with van der Waals surface area (Å²) < 4.78 is 18.4. The fourth-order valence-electron chi connectivity index (χ4n) is 2.29. The zero-order chi connectivity index (χ0) is 18.4. The van der Waals surface area contributed by atoms with Gasteiger partial charge < -0.3 is 400 Å². The standard InChI is InChI=1S/C17H18FN3O3S2.83FH/c1-2-25-13-5-3-11(4-6-13)15(21-24-12-7-8-23-10-12)16(22)20-17-19-9-14(18)26-17;;;;;;;;;;;;;;;;;;;;;;;;;;;;;;;;;;;;;;;;;;;;;;;;;;;;;;;;;;;;;;;;;;;;;;;;;;;;;;;;;;;/h3-6,9,12H,2,7-8,10H2,1H3,(H,19,20,22);83*1H/p-83/b21-15+;;;;;;;;;;;;;;;;;;;;;;;;;;;;;;;;;;;;;;;;;;;;;;;;;;;;;;;;;;;;;;;;;;;;;;;;;;;;;;;;;;;/t12-;;;;;;;;;;;;;;;;;;;;;;;;;;;;;;;;;;;;;;;;;;;;;;;;;;;;;;;;;;;;;;;;;;;;;;;;;;;;;;;;;;;/m1.................................................................................../s1. The minimum absolute atomic E-state index is 0. The summed E-state index contributed by atoms with van der Waals surface area (Å²) in [4.78, 5) is 23.0. The molecule has 1 N–H and O–H groups in total. The Balaban J connectivity index is -0.00000000120. The van der Waals surface area contributed by atoms with Crippen LogP contribution >= 0.6 is 23.1 Å². The lowest BCUT2D eigenvalue weighted by Gasteiger charge is -2.10. The molecule has 109 heavy (non-hydrogen) atoms. The van der Waals surface area contributed by atoms with E-state index in [0.29, 0.717) is 18.8 Å². The molecule has 2 aromatic rings. The van der Waals surface area contributed by atoms with Crippen LogP contribution in [0.1, 0.15) is 18.9 Å². The summed E-state index contributed by atoms with van der Waals surface area (Å²) in [5.74, 6) is 0.454. The lowest BCUT2D eigenvalue weighted by Crippen LogP contribution is -3.00. The Kier molecular flexibility index (Phi) is 26400. The molecule has 1 aromatic heterocycles. The van der Waals surface area contributed by atoms with Crippen molar-refractivity contribution in [2.24, 2.45) is 5.16 Å². The largest absolute Gasteiger partial charge is 1.00 e. The average Bonchev–Trinajstić information content (AvgIpc) is 3.28. The Bertz CT molecular complexity index is 852. The van der Waals surface area contributed by atoms with Crippen LogP contribution in [0, 0.1) is 5.13 Å². The molecule has 802 valence electrons. The number of oxime groups is 1. The number of hydrogen-bond donors (Lipinski definition) is 1. The average molecular weight is 1970 g/mol. The smallest absolute Gasteiger partial charge is 0.280 e. The second kappa shape index (κ2) is 1160. The molecule has 3 rings (SSSR count). The first-order valence-corrected chi connectivity index (χ1v) is 9.93. The van der Waals surface area contributed by atoms with Gasteiger partial charge in [0.2, 0.25) is 0 Å². The molecule has 0 radical (unpaired) electrons.